The summed E-state index contributed by atoms with van der Waals surface area (Å²) in [4.78, 5) is 28.2. The van der Waals surface area contributed by atoms with Gasteiger partial charge in [0.25, 0.3) is 11.8 Å². The number of ether oxygens (including phenoxy) is 3. The molecular formula is C33H33N5O5. The first-order valence-electron chi connectivity index (χ1n) is 14.3. The van der Waals surface area contributed by atoms with Gasteiger partial charge in [0.1, 0.15) is 23.4 Å². The summed E-state index contributed by atoms with van der Waals surface area (Å²) in [5.74, 6) is 1.86. The number of hydrogen-bond acceptors (Lipinski definition) is 8. The van der Waals surface area contributed by atoms with Crippen LogP contribution in [0.1, 0.15) is 27.9 Å². The molecule has 43 heavy (non-hydrogen) atoms. The van der Waals surface area contributed by atoms with E-state index in [-0.39, 0.29) is 37.1 Å². The molecule has 1 fully saturated rings. The summed E-state index contributed by atoms with van der Waals surface area (Å²) in [5.41, 5.74) is 3.85. The molecule has 0 aliphatic carbocycles. The van der Waals surface area contributed by atoms with Crippen LogP contribution in [0.2, 0.25) is 0 Å². The number of rotatable bonds is 3. The van der Waals surface area contributed by atoms with Crippen LogP contribution < -0.4 is 29.7 Å². The second kappa shape index (κ2) is 12.4. The molecule has 0 unspecified atom stereocenters. The maximum atomic E-state index is 13.6. The first kappa shape index (κ1) is 28.0. The van der Waals surface area contributed by atoms with Crippen molar-refractivity contribution >= 4 is 17.6 Å². The van der Waals surface area contributed by atoms with E-state index >= 15 is 0 Å². The summed E-state index contributed by atoms with van der Waals surface area (Å²) < 4.78 is 17.9. The molecule has 4 aromatic rings. The molecule has 0 radical (unpaired) electrons. The van der Waals surface area contributed by atoms with Crippen LogP contribution in [-0.2, 0) is 11.3 Å². The van der Waals surface area contributed by atoms with E-state index in [9.17, 15) is 9.59 Å². The third-order valence-corrected chi connectivity index (χ3v) is 7.74. The van der Waals surface area contributed by atoms with Crippen molar-refractivity contribution in [2.24, 2.45) is 0 Å². The van der Waals surface area contributed by atoms with Crippen LogP contribution in [0.3, 0.4) is 0 Å². The number of carbonyl (C=O) groups excluding carboxylic acids is 2. The third kappa shape index (κ3) is 6.38. The second-order valence-corrected chi connectivity index (χ2v) is 10.6. The number of hydrogen-bond donors (Lipinski definition) is 2. The first-order chi connectivity index (χ1) is 21.0. The van der Waals surface area contributed by atoms with Gasteiger partial charge in [-0.05, 0) is 48.9 Å². The Balaban J connectivity index is 1.29. The normalized spacial score (nSPS) is 18.8. The highest BCUT2D eigenvalue weighted by atomic mass is 16.5. The van der Waals surface area contributed by atoms with Gasteiger partial charge in [-0.2, -0.15) is 0 Å². The Morgan fingerprint density at radius 3 is 2.60 bits per heavy atom. The van der Waals surface area contributed by atoms with E-state index in [1.165, 1.54) is 0 Å². The fourth-order valence-corrected chi connectivity index (χ4v) is 5.33. The molecule has 0 spiro atoms. The summed E-state index contributed by atoms with van der Waals surface area (Å²) in [6, 6.07) is 24.2. The average molecular weight is 580 g/mol. The van der Waals surface area contributed by atoms with Gasteiger partial charge in [-0.1, -0.05) is 36.4 Å². The van der Waals surface area contributed by atoms with E-state index in [1.807, 2.05) is 73.7 Å². The molecule has 2 N–H and O–H groups in total. The Hall–Kier alpha value is -5.12. The number of nitrogens with zero attached hydrogens (tertiary/aromatic N) is 3. The SMILES string of the molecule is COc1cc2ccc1CNC(=O)COc1cc(ccc1C)C(=O)N[C@H]1CN(c3ccc(-c4ccccc4)nn3)CC[C@H]1O2. The van der Waals surface area contributed by atoms with Gasteiger partial charge < -0.3 is 29.7 Å². The largest absolute Gasteiger partial charge is 0.496 e. The summed E-state index contributed by atoms with van der Waals surface area (Å²) in [6.07, 6.45) is 0.319. The van der Waals surface area contributed by atoms with Gasteiger partial charge in [0.2, 0.25) is 0 Å². The number of methoxy groups -OCH3 is 1. The summed E-state index contributed by atoms with van der Waals surface area (Å²) in [6.45, 7) is 3.10. The molecule has 3 aliphatic rings. The Morgan fingerprint density at radius 1 is 0.953 bits per heavy atom. The topological polar surface area (TPSA) is 115 Å². The van der Waals surface area contributed by atoms with Crippen molar-refractivity contribution in [2.75, 3.05) is 31.7 Å². The summed E-state index contributed by atoms with van der Waals surface area (Å²) in [7, 11) is 1.58. The number of nitrogens with one attached hydrogen (secondary N) is 2. The molecule has 4 bridgehead atoms. The van der Waals surface area contributed by atoms with Crippen molar-refractivity contribution in [1.82, 2.24) is 20.8 Å². The number of fused-ring (bicyclic) bond motifs is 7. The van der Waals surface area contributed by atoms with Crippen molar-refractivity contribution in [3.05, 3.63) is 95.6 Å². The number of benzene rings is 3. The zero-order valence-electron chi connectivity index (χ0n) is 24.1. The molecule has 2 atom stereocenters. The lowest BCUT2D eigenvalue weighted by Gasteiger charge is -2.39. The van der Waals surface area contributed by atoms with E-state index in [0.717, 1.165) is 28.2 Å². The standard InChI is InChI=1S/C33H33N5O5/c1-21-8-9-23-16-29(21)42-20-32(39)34-18-24-10-11-25(17-30(24)41-2)43-28-14-15-38(19-27(28)35-33(23)40)31-13-12-26(36-37-31)22-6-4-3-5-7-22/h3-13,16-17,27-28H,14-15,18-20H2,1-2H3,(H,34,39)(H,35,40)/t27-,28+/m0/s1. The van der Waals surface area contributed by atoms with Crippen LogP contribution in [0.4, 0.5) is 5.82 Å². The Morgan fingerprint density at radius 2 is 1.81 bits per heavy atom. The molecule has 3 aromatic carbocycles. The Bertz CT molecular complexity index is 1610. The molecule has 1 saturated heterocycles. The lowest BCUT2D eigenvalue weighted by molar-refractivity contribution is -0.123. The van der Waals surface area contributed by atoms with Crippen molar-refractivity contribution in [3.8, 4) is 28.5 Å². The van der Waals surface area contributed by atoms with E-state index in [4.69, 9.17) is 14.2 Å². The average Bonchev–Trinajstić information content (AvgIpc) is 3.04. The first-order valence-corrected chi connectivity index (χ1v) is 14.3. The predicted octanol–water partition coefficient (Wildman–Crippen LogP) is 3.93. The zero-order valence-corrected chi connectivity index (χ0v) is 24.1. The van der Waals surface area contributed by atoms with Gasteiger partial charge in [0, 0.05) is 48.8 Å². The fraction of sp³-hybridized carbons (Fsp3) is 0.273. The zero-order chi connectivity index (χ0) is 29.8. The van der Waals surface area contributed by atoms with E-state index in [2.05, 4.69) is 25.7 Å². The summed E-state index contributed by atoms with van der Waals surface area (Å²) in [5, 5.41) is 15.0. The quantitative estimate of drug-likeness (QED) is 0.375. The number of amides is 2. The van der Waals surface area contributed by atoms with E-state index in [0.29, 0.717) is 42.3 Å². The van der Waals surface area contributed by atoms with Crippen LogP contribution in [0.25, 0.3) is 11.3 Å². The maximum absolute atomic E-state index is 13.6. The summed E-state index contributed by atoms with van der Waals surface area (Å²) >= 11 is 0. The highest BCUT2D eigenvalue weighted by Crippen LogP contribution is 2.29. The second-order valence-electron chi connectivity index (χ2n) is 10.6. The van der Waals surface area contributed by atoms with Gasteiger partial charge in [-0.15, -0.1) is 10.2 Å². The number of carbonyl (C=O) groups is 2. The van der Waals surface area contributed by atoms with Gasteiger partial charge in [0.05, 0.1) is 18.8 Å². The predicted molar refractivity (Wildman–Crippen MR) is 161 cm³/mol. The maximum Gasteiger partial charge on any atom is 0.258 e. The van der Waals surface area contributed by atoms with Gasteiger partial charge in [0.15, 0.2) is 12.4 Å². The molecule has 0 saturated carbocycles. The Labute approximate surface area is 250 Å². The third-order valence-electron chi connectivity index (χ3n) is 7.74. The lowest BCUT2D eigenvalue weighted by atomic mass is 10.0. The van der Waals surface area contributed by atoms with Gasteiger partial charge in [-0.3, -0.25) is 9.59 Å². The molecule has 7 rings (SSSR count). The van der Waals surface area contributed by atoms with Crippen LogP contribution in [0.15, 0.2) is 78.9 Å². The minimum Gasteiger partial charge on any atom is -0.496 e. The van der Waals surface area contributed by atoms with Crippen LogP contribution in [-0.4, -0.2) is 61.0 Å². The van der Waals surface area contributed by atoms with Crippen molar-refractivity contribution < 1.29 is 23.8 Å². The molecular weight excluding hydrogens is 546 g/mol. The van der Waals surface area contributed by atoms with Crippen LogP contribution >= 0.6 is 0 Å². The number of aromatic nitrogens is 2. The molecule has 10 nitrogen and oxygen atoms in total. The minimum atomic E-state index is -0.368. The molecule has 220 valence electrons. The van der Waals surface area contributed by atoms with E-state index < -0.39 is 0 Å². The van der Waals surface area contributed by atoms with Crippen molar-refractivity contribution in [3.63, 3.8) is 0 Å². The number of anilines is 1. The van der Waals surface area contributed by atoms with Crippen LogP contribution in [0.5, 0.6) is 17.2 Å². The Kier molecular flexibility index (Phi) is 8.08. The fourth-order valence-electron chi connectivity index (χ4n) is 5.33. The van der Waals surface area contributed by atoms with Crippen molar-refractivity contribution in [2.45, 2.75) is 32.0 Å². The minimum absolute atomic E-state index is 0.181. The smallest absolute Gasteiger partial charge is 0.258 e. The molecule has 3 aliphatic heterocycles. The van der Waals surface area contributed by atoms with Crippen molar-refractivity contribution in [1.29, 1.82) is 0 Å². The molecule has 10 heteroatoms. The lowest BCUT2D eigenvalue weighted by Crippen LogP contribution is -2.57. The van der Waals surface area contributed by atoms with Gasteiger partial charge in [-0.25, -0.2) is 0 Å². The highest BCUT2D eigenvalue weighted by molar-refractivity contribution is 5.95. The monoisotopic (exact) mass is 579 g/mol. The number of aryl methyl sites for hydroxylation is 1. The molecule has 4 heterocycles. The van der Waals surface area contributed by atoms with E-state index in [1.54, 1.807) is 19.2 Å². The van der Waals surface area contributed by atoms with Crippen LogP contribution in [0, 0.1) is 6.92 Å². The molecule has 2 amide bonds. The van der Waals surface area contributed by atoms with Gasteiger partial charge >= 0.3 is 0 Å². The number of piperidine rings is 1. The highest BCUT2D eigenvalue weighted by Gasteiger charge is 2.33. The molecule has 1 aromatic heterocycles.